The van der Waals surface area contributed by atoms with Crippen LogP contribution in [0, 0.1) is 0 Å². The molecule has 32 heavy (non-hydrogen) atoms. The van der Waals surface area contributed by atoms with Crippen LogP contribution in [0.25, 0.3) is 0 Å². The van der Waals surface area contributed by atoms with E-state index in [4.69, 9.17) is 16.3 Å². The second-order valence-electron chi connectivity index (χ2n) is 8.62. The Morgan fingerprint density at radius 2 is 1.78 bits per heavy atom. The lowest BCUT2D eigenvalue weighted by molar-refractivity contribution is -0.140. The maximum Gasteiger partial charge on any atom is 0.243 e. The number of hydrogen-bond acceptors (Lipinski definition) is 4. The average Bonchev–Trinajstić information content (AvgIpc) is 2.74. The predicted octanol–water partition coefficient (Wildman–Crippen LogP) is 5.30. The highest BCUT2D eigenvalue weighted by Gasteiger charge is 2.30. The van der Waals surface area contributed by atoms with Gasteiger partial charge in [0.15, 0.2) is 0 Å². The van der Waals surface area contributed by atoms with Gasteiger partial charge in [-0.3, -0.25) is 9.59 Å². The molecule has 5 nitrogen and oxygen atoms in total. The van der Waals surface area contributed by atoms with E-state index in [9.17, 15) is 9.59 Å². The van der Waals surface area contributed by atoms with Crippen LogP contribution in [-0.4, -0.2) is 41.2 Å². The van der Waals surface area contributed by atoms with Crippen LogP contribution >= 0.6 is 23.4 Å². The molecule has 2 aromatic carbocycles. The number of carbonyl (C=O) groups excluding carboxylic acids is 2. The minimum Gasteiger partial charge on any atom is -0.497 e. The molecule has 1 atom stereocenters. The molecule has 0 aliphatic carbocycles. The number of thioether (sulfide) groups is 1. The molecular formula is C25H33ClN2O3S. The molecule has 0 saturated carbocycles. The van der Waals surface area contributed by atoms with Gasteiger partial charge in [-0.2, -0.15) is 0 Å². The van der Waals surface area contributed by atoms with Crippen molar-refractivity contribution in [2.75, 3.05) is 12.9 Å². The Bertz CT molecular complexity index is 897. The molecule has 0 aromatic heterocycles. The van der Waals surface area contributed by atoms with Crippen LogP contribution in [0.3, 0.4) is 0 Å². The first-order valence-electron chi connectivity index (χ1n) is 10.7. The van der Waals surface area contributed by atoms with Gasteiger partial charge in [0.2, 0.25) is 11.8 Å². The first kappa shape index (κ1) is 26.1. The number of rotatable bonds is 10. The Morgan fingerprint density at radius 3 is 2.34 bits per heavy atom. The minimum absolute atomic E-state index is 0.0839. The first-order chi connectivity index (χ1) is 15.1. The van der Waals surface area contributed by atoms with E-state index >= 15 is 0 Å². The van der Waals surface area contributed by atoms with Gasteiger partial charge in [0.1, 0.15) is 11.8 Å². The maximum atomic E-state index is 13.3. The summed E-state index contributed by atoms with van der Waals surface area (Å²) in [6.07, 6.45) is 0.515. The van der Waals surface area contributed by atoms with E-state index in [1.807, 2.05) is 70.2 Å². The fraction of sp³-hybridized carbons (Fsp3) is 0.440. The van der Waals surface area contributed by atoms with E-state index in [1.54, 1.807) is 18.1 Å². The summed E-state index contributed by atoms with van der Waals surface area (Å²) in [5.41, 5.74) is 1.55. The van der Waals surface area contributed by atoms with Crippen LogP contribution in [0.5, 0.6) is 5.75 Å². The van der Waals surface area contributed by atoms with Crippen molar-refractivity contribution in [2.45, 2.75) is 58.0 Å². The average molecular weight is 477 g/mol. The summed E-state index contributed by atoms with van der Waals surface area (Å²) >= 11 is 7.89. The van der Waals surface area contributed by atoms with Crippen LogP contribution in [-0.2, 0) is 21.9 Å². The van der Waals surface area contributed by atoms with Crippen molar-refractivity contribution in [3.05, 3.63) is 64.7 Å². The number of benzene rings is 2. The molecule has 2 rings (SSSR count). The van der Waals surface area contributed by atoms with Gasteiger partial charge in [0.25, 0.3) is 0 Å². The molecule has 0 aliphatic rings. The van der Waals surface area contributed by atoms with Gasteiger partial charge in [0, 0.05) is 22.9 Å². The van der Waals surface area contributed by atoms with E-state index in [-0.39, 0.29) is 29.7 Å². The molecule has 7 heteroatoms. The molecule has 0 spiro atoms. The Morgan fingerprint density at radius 1 is 1.12 bits per heavy atom. The molecule has 0 unspecified atom stereocenters. The molecule has 0 heterocycles. The molecule has 0 saturated heterocycles. The highest BCUT2D eigenvalue weighted by Crippen LogP contribution is 2.22. The fourth-order valence-electron chi connectivity index (χ4n) is 3.24. The highest BCUT2D eigenvalue weighted by molar-refractivity contribution is 7.99. The molecule has 0 bridgehead atoms. The Balaban J connectivity index is 2.15. The minimum atomic E-state index is -0.570. The summed E-state index contributed by atoms with van der Waals surface area (Å²) in [5, 5.41) is 3.60. The van der Waals surface area contributed by atoms with E-state index < -0.39 is 6.04 Å². The number of hydrogen-bond donors (Lipinski definition) is 1. The standard InChI is InChI=1S/C25H33ClN2O3S/c1-6-22(24(30)27-25(2,3)4)28(15-19-9-7-8-10-21(19)26)23(29)17-32-16-18-11-13-20(31-5)14-12-18/h7-14,22H,6,15-17H2,1-5H3,(H,27,30)/t22-/m1/s1. The van der Waals surface area contributed by atoms with E-state index in [0.717, 1.165) is 16.9 Å². The summed E-state index contributed by atoms with van der Waals surface area (Å²) in [5.74, 6) is 1.53. The third-order valence-corrected chi connectivity index (χ3v) is 6.19. The molecule has 2 amide bonds. The third-order valence-electron chi connectivity index (χ3n) is 4.84. The first-order valence-corrected chi connectivity index (χ1v) is 12.2. The Hall–Kier alpha value is -2.18. The largest absolute Gasteiger partial charge is 0.497 e. The monoisotopic (exact) mass is 476 g/mol. The van der Waals surface area contributed by atoms with Crippen LogP contribution in [0.2, 0.25) is 5.02 Å². The molecule has 2 aromatic rings. The SMILES string of the molecule is CC[C@H](C(=O)NC(C)(C)C)N(Cc1ccccc1Cl)C(=O)CSCc1ccc(OC)cc1. The molecule has 1 N–H and O–H groups in total. The van der Waals surface area contributed by atoms with Crippen molar-refractivity contribution in [1.82, 2.24) is 10.2 Å². The second kappa shape index (κ2) is 12.2. The van der Waals surface area contributed by atoms with Crippen LogP contribution < -0.4 is 10.1 Å². The van der Waals surface area contributed by atoms with Gasteiger partial charge in [0.05, 0.1) is 12.9 Å². The summed E-state index contributed by atoms with van der Waals surface area (Å²) in [6, 6.07) is 14.7. The highest BCUT2D eigenvalue weighted by atomic mass is 35.5. The van der Waals surface area contributed by atoms with Crippen molar-refractivity contribution in [1.29, 1.82) is 0 Å². The van der Waals surface area contributed by atoms with Gasteiger partial charge in [-0.05, 0) is 56.5 Å². The van der Waals surface area contributed by atoms with Gasteiger partial charge in [-0.15, -0.1) is 11.8 Å². The lowest BCUT2D eigenvalue weighted by atomic mass is 10.1. The Kier molecular flexibility index (Phi) is 9.91. The zero-order valence-electron chi connectivity index (χ0n) is 19.5. The molecule has 174 valence electrons. The third kappa shape index (κ3) is 8.06. The van der Waals surface area contributed by atoms with Crippen LogP contribution in [0.4, 0.5) is 0 Å². The molecule has 0 aliphatic heterocycles. The van der Waals surface area contributed by atoms with Crippen LogP contribution in [0.1, 0.15) is 45.2 Å². The summed E-state index contributed by atoms with van der Waals surface area (Å²) in [6.45, 7) is 8.01. The topological polar surface area (TPSA) is 58.6 Å². The van der Waals surface area contributed by atoms with Crippen molar-refractivity contribution < 1.29 is 14.3 Å². The smallest absolute Gasteiger partial charge is 0.243 e. The van der Waals surface area contributed by atoms with Crippen molar-refractivity contribution in [3.63, 3.8) is 0 Å². The van der Waals surface area contributed by atoms with Crippen molar-refractivity contribution >= 4 is 35.2 Å². The maximum absolute atomic E-state index is 13.3. The van der Waals surface area contributed by atoms with Gasteiger partial charge >= 0.3 is 0 Å². The lowest BCUT2D eigenvalue weighted by Gasteiger charge is -2.33. The molecule has 0 radical (unpaired) electrons. The van der Waals surface area contributed by atoms with Gasteiger partial charge in [-0.25, -0.2) is 0 Å². The summed E-state index contributed by atoms with van der Waals surface area (Å²) < 4.78 is 5.19. The number of halogens is 1. The number of amides is 2. The Labute approximate surface area is 200 Å². The van der Waals surface area contributed by atoms with E-state index in [2.05, 4.69) is 5.32 Å². The van der Waals surface area contributed by atoms with E-state index in [1.165, 1.54) is 11.8 Å². The fourth-order valence-corrected chi connectivity index (χ4v) is 4.31. The second-order valence-corrected chi connectivity index (χ2v) is 10.0. The number of ether oxygens (including phenoxy) is 1. The van der Waals surface area contributed by atoms with Crippen molar-refractivity contribution in [2.24, 2.45) is 0 Å². The van der Waals surface area contributed by atoms with Gasteiger partial charge < -0.3 is 15.0 Å². The normalized spacial score (nSPS) is 12.2. The molecular weight excluding hydrogens is 444 g/mol. The molecule has 0 fully saturated rings. The number of carbonyl (C=O) groups is 2. The van der Waals surface area contributed by atoms with Crippen molar-refractivity contribution in [3.8, 4) is 5.75 Å². The number of methoxy groups -OCH3 is 1. The zero-order valence-corrected chi connectivity index (χ0v) is 21.1. The summed E-state index contributed by atoms with van der Waals surface area (Å²) in [4.78, 5) is 27.9. The van der Waals surface area contributed by atoms with Crippen LogP contribution in [0.15, 0.2) is 48.5 Å². The quantitative estimate of drug-likeness (QED) is 0.505. The predicted molar refractivity (Wildman–Crippen MR) is 133 cm³/mol. The lowest BCUT2D eigenvalue weighted by Crippen LogP contribution is -2.53. The van der Waals surface area contributed by atoms with Gasteiger partial charge in [-0.1, -0.05) is 48.9 Å². The van der Waals surface area contributed by atoms with E-state index in [0.29, 0.717) is 17.2 Å². The number of nitrogens with zero attached hydrogens (tertiary/aromatic N) is 1. The number of nitrogens with one attached hydrogen (secondary N) is 1. The summed E-state index contributed by atoms with van der Waals surface area (Å²) in [7, 11) is 1.63. The zero-order chi connectivity index (χ0) is 23.7.